The fourth-order valence-electron chi connectivity index (χ4n) is 9.01. The molecule has 12 rings (SSSR count). The zero-order chi connectivity index (χ0) is 36.2. The van der Waals surface area contributed by atoms with Crippen molar-refractivity contribution in [3.05, 3.63) is 169 Å². The number of thiazole rings is 1. The second kappa shape index (κ2) is 11.7. The lowest BCUT2D eigenvalue weighted by Gasteiger charge is -2.15. The minimum Gasteiger partial charge on any atom is -0.456 e. The maximum absolute atomic E-state index is 6.53. The topological polar surface area (TPSA) is 35.9 Å². The van der Waals surface area contributed by atoms with Gasteiger partial charge in [-0.25, -0.2) is 4.98 Å². The molecule has 1 atom stereocenters. The van der Waals surface area contributed by atoms with Gasteiger partial charge in [-0.15, -0.1) is 0 Å². The summed E-state index contributed by atoms with van der Waals surface area (Å²) in [5, 5.41) is 8.16. The first kappa shape index (κ1) is 30.7. The number of hydrogen-bond donors (Lipinski definition) is 0. The van der Waals surface area contributed by atoms with Crippen molar-refractivity contribution < 1.29 is 4.42 Å². The lowest BCUT2D eigenvalue weighted by Crippen LogP contribution is -1.98. The first-order valence-corrected chi connectivity index (χ1v) is 19.7. The smallest absolute Gasteiger partial charge is 0.195 e. The van der Waals surface area contributed by atoms with Crippen LogP contribution in [0.4, 0.5) is 0 Å². The molecule has 55 heavy (non-hydrogen) atoms. The molecule has 1 unspecified atom stereocenters. The summed E-state index contributed by atoms with van der Waals surface area (Å²) in [5.74, 6) is 0.462. The summed E-state index contributed by atoms with van der Waals surface area (Å²) in [6.45, 7) is 2.28. The maximum Gasteiger partial charge on any atom is 0.195 e. The van der Waals surface area contributed by atoms with Crippen LogP contribution in [0.1, 0.15) is 18.9 Å². The van der Waals surface area contributed by atoms with Crippen molar-refractivity contribution in [3.8, 4) is 21.9 Å². The van der Waals surface area contributed by atoms with Gasteiger partial charge in [0.15, 0.2) is 5.13 Å². The van der Waals surface area contributed by atoms with E-state index < -0.39 is 0 Å². The number of para-hydroxylation sites is 4. The number of allylic oxidation sites excluding steroid dienone is 4. The highest BCUT2D eigenvalue weighted by molar-refractivity contribution is 7.22. The van der Waals surface area contributed by atoms with E-state index in [1.165, 1.54) is 49.3 Å². The molecule has 1 aliphatic carbocycles. The maximum atomic E-state index is 6.53. The van der Waals surface area contributed by atoms with Crippen molar-refractivity contribution in [2.45, 2.75) is 13.3 Å². The average Bonchev–Trinajstić information content (AvgIpc) is 3.99. The Hall–Kier alpha value is -6.69. The molecule has 4 aromatic heterocycles. The van der Waals surface area contributed by atoms with E-state index in [0.717, 1.165) is 66.0 Å². The van der Waals surface area contributed by atoms with Crippen LogP contribution in [-0.4, -0.2) is 14.1 Å². The third kappa shape index (κ3) is 4.54. The Bertz CT molecular complexity index is 3430. The number of hydrogen-bond acceptors (Lipinski definition) is 3. The van der Waals surface area contributed by atoms with Crippen molar-refractivity contribution >= 4 is 92.7 Å². The SMILES string of the molecule is CC1C=CC=C(c2cc3oc4ccccc4c3c3sc(-n4c5ccccc5c5ccc(-c6ccc7c(c6)c6ccccc6n7-c6ccccc6)cc54)nc23)C1. The normalized spacial score (nSPS) is 14.8. The summed E-state index contributed by atoms with van der Waals surface area (Å²) >= 11 is 1.76. The van der Waals surface area contributed by atoms with Crippen LogP contribution in [0, 0.1) is 5.92 Å². The lowest BCUT2D eigenvalue weighted by atomic mass is 9.90. The van der Waals surface area contributed by atoms with Crippen molar-refractivity contribution in [1.82, 2.24) is 14.1 Å². The van der Waals surface area contributed by atoms with Crippen molar-refractivity contribution in [1.29, 1.82) is 0 Å². The van der Waals surface area contributed by atoms with Crippen LogP contribution in [0.2, 0.25) is 0 Å². The van der Waals surface area contributed by atoms with Crippen LogP contribution >= 0.6 is 11.3 Å². The van der Waals surface area contributed by atoms with E-state index in [-0.39, 0.29) is 0 Å². The first-order chi connectivity index (χ1) is 27.2. The molecule has 0 amide bonds. The number of rotatable bonds is 4. The van der Waals surface area contributed by atoms with Gasteiger partial charge in [-0.05, 0) is 83.6 Å². The van der Waals surface area contributed by atoms with Crippen LogP contribution in [0.15, 0.2) is 168 Å². The molecule has 0 spiro atoms. The third-order valence-corrected chi connectivity index (χ3v) is 12.6. The van der Waals surface area contributed by atoms with Gasteiger partial charge in [-0.2, -0.15) is 0 Å². The molecule has 0 N–H and O–H groups in total. The van der Waals surface area contributed by atoms with Crippen LogP contribution in [0.5, 0.6) is 0 Å². The summed E-state index contributed by atoms with van der Waals surface area (Å²) < 4.78 is 12.5. The molecular formula is C50H33N3OS. The van der Waals surface area contributed by atoms with E-state index in [2.05, 4.69) is 174 Å². The fourth-order valence-corrected chi connectivity index (χ4v) is 10.2. The van der Waals surface area contributed by atoms with Crippen molar-refractivity contribution in [3.63, 3.8) is 0 Å². The molecule has 0 radical (unpaired) electrons. The fraction of sp³-hybridized carbons (Fsp3) is 0.0600. The monoisotopic (exact) mass is 723 g/mol. The van der Waals surface area contributed by atoms with Crippen molar-refractivity contribution in [2.75, 3.05) is 0 Å². The Morgan fingerprint density at radius 2 is 1.27 bits per heavy atom. The predicted octanol–water partition coefficient (Wildman–Crippen LogP) is 14.0. The molecule has 0 saturated carbocycles. The Morgan fingerprint density at radius 1 is 0.600 bits per heavy atom. The average molecular weight is 724 g/mol. The molecule has 1 aliphatic rings. The Morgan fingerprint density at radius 3 is 2.11 bits per heavy atom. The first-order valence-electron chi connectivity index (χ1n) is 18.9. The van der Waals surface area contributed by atoms with Gasteiger partial charge in [0.1, 0.15) is 11.2 Å². The van der Waals surface area contributed by atoms with E-state index in [1.54, 1.807) is 11.3 Å². The lowest BCUT2D eigenvalue weighted by molar-refractivity contribution is 0.669. The number of aromatic nitrogens is 3. The van der Waals surface area contributed by atoms with Gasteiger partial charge in [-0.1, -0.05) is 127 Å². The van der Waals surface area contributed by atoms with Crippen LogP contribution in [0.3, 0.4) is 0 Å². The Balaban J connectivity index is 1.10. The largest absolute Gasteiger partial charge is 0.456 e. The van der Waals surface area contributed by atoms with E-state index in [1.807, 2.05) is 6.07 Å². The molecule has 4 nitrogen and oxygen atoms in total. The highest BCUT2D eigenvalue weighted by atomic mass is 32.1. The van der Waals surface area contributed by atoms with Gasteiger partial charge < -0.3 is 8.98 Å². The molecule has 4 heterocycles. The van der Waals surface area contributed by atoms with E-state index >= 15 is 0 Å². The Labute approximate surface area is 320 Å². The molecule has 0 fully saturated rings. The van der Waals surface area contributed by atoms with Gasteiger partial charge in [0, 0.05) is 43.6 Å². The Kier molecular flexibility index (Phi) is 6.51. The van der Waals surface area contributed by atoms with Gasteiger partial charge in [0.2, 0.25) is 0 Å². The summed E-state index contributed by atoms with van der Waals surface area (Å²) in [6, 6.07) is 52.6. The third-order valence-electron chi connectivity index (χ3n) is 11.5. The standard InChI is InChI=1S/C50H33N3OS/c1-30-12-11-13-33(26-30)39-29-46-47(38-18-7-10-21-45(38)54-46)49-48(39)51-50(55-49)53-42-20-9-5-16-35(42)37-24-22-32(28-44(37)53)31-23-25-43-40(27-31)36-17-6-8-19-41(36)52(43)34-14-3-2-4-15-34/h2-25,27-30H,26H2,1H3. The van der Waals surface area contributed by atoms with Gasteiger partial charge in [0.25, 0.3) is 0 Å². The van der Waals surface area contributed by atoms with E-state index in [0.29, 0.717) is 5.92 Å². The summed E-state index contributed by atoms with van der Waals surface area (Å²) in [5.41, 5.74) is 13.5. The quantitative estimate of drug-likeness (QED) is 0.181. The second-order valence-electron chi connectivity index (χ2n) is 14.8. The number of nitrogens with zero attached hydrogens (tertiary/aromatic N) is 3. The second-order valence-corrected chi connectivity index (χ2v) is 15.8. The molecule has 0 aliphatic heterocycles. The zero-order valence-corrected chi connectivity index (χ0v) is 30.8. The number of furan rings is 1. The highest BCUT2D eigenvalue weighted by Crippen LogP contribution is 2.45. The number of fused-ring (bicyclic) bond motifs is 11. The van der Waals surface area contributed by atoms with E-state index in [9.17, 15) is 0 Å². The molecule has 0 bridgehead atoms. The summed E-state index contributed by atoms with van der Waals surface area (Å²) in [6.07, 6.45) is 7.69. The molecule has 260 valence electrons. The molecule has 5 heteroatoms. The van der Waals surface area contributed by atoms with Gasteiger partial charge >= 0.3 is 0 Å². The predicted molar refractivity (Wildman–Crippen MR) is 232 cm³/mol. The van der Waals surface area contributed by atoms with Crippen LogP contribution in [-0.2, 0) is 0 Å². The minimum atomic E-state index is 0.462. The molecule has 11 aromatic rings. The highest BCUT2D eigenvalue weighted by Gasteiger charge is 2.24. The van der Waals surface area contributed by atoms with Crippen LogP contribution < -0.4 is 0 Å². The summed E-state index contributed by atoms with van der Waals surface area (Å²) in [4.78, 5) is 5.57. The zero-order valence-electron chi connectivity index (χ0n) is 30.0. The number of benzene rings is 7. The summed E-state index contributed by atoms with van der Waals surface area (Å²) in [7, 11) is 0. The van der Waals surface area contributed by atoms with Crippen molar-refractivity contribution in [2.24, 2.45) is 5.92 Å². The van der Waals surface area contributed by atoms with Gasteiger partial charge in [-0.3, -0.25) is 4.57 Å². The minimum absolute atomic E-state index is 0.462. The van der Waals surface area contributed by atoms with Crippen LogP contribution in [0.25, 0.3) is 103 Å². The van der Waals surface area contributed by atoms with E-state index in [4.69, 9.17) is 9.40 Å². The molecule has 7 aromatic carbocycles. The van der Waals surface area contributed by atoms with Gasteiger partial charge in [0.05, 0.1) is 32.3 Å². The molecule has 0 saturated heterocycles. The molecular weight excluding hydrogens is 691 g/mol.